The summed E-state index contributed by atoms with van der Waals surface area (Å²) >= 11 is 0. The molecule has 0 fully saturated rings. The summed E-state index contributed by atoms with van der Waals surface area (Å²) in [7, 11) is -10.6. The third-order valence-electron chi connectivity index (χ3n) is 14.4. The molecule has 3 heterocycles. The largest absolute Gasteiger partial charge is 1.00 e. The minimum atomic E-state index is -5.38. The number of fused-ring (bicyclic) bond motifs is 2. The fourth-order valence-electron chi connectivity index (χ4n) is 10.4. The quantitative estimate of drug-likeness (QED) is 0.00843. The van der Waals surface area contributed by atoms with E-state index in [1.807, 2.05) is 19.9 Å². The number of benzene rings is 7. The molecule has 1 atom stereocenters. The first-order valence-electron chi connectivity index (χ1n) is 28.2. The Morgan fingerprint density at radius 3 is 1.90 bits per heavy atom. The fourth-order valence-corrected chi connectivity index (χ4v) is 11.7. The van der Waals surface area contributed by atoms with Crippen molar-refractivity contribution in [2.24, 2.45) is 0 Å². The third kappa shape index (κ3) is 19.2. The molecule has 0 saturated heterocycles. The zero-order valence-corrected chi connectivity index (χ0v) is 64.2. The Balaban J connectivity index is 0.00000372. The van der Waals surface area contributed by atoms with Gasteiger partial charge in [-0.2, -0.15) is 66.3 Å². The molecule has 1 unspecified atom stereocenters. The molecule has 14 N–H and O–H groups in total. The number of aromatic carboxylic acids is 1. The number of carbonyl (C=O) groups is 3. The van der Waals surface area contributed by atoms with Gasteiger partial charge in [-0.1, -0.05) is 58.7 Å². The molecule has 0 radical (unpaired) electrons. The van der Waals surface area contributed by atoms with Crippen LogP contribution in [0.4, 0.5) is 85.1 Å². The molecule has 1 aliphatic carbocycles. The number of amides is 4. The Labute approximate surface area is 645 Å². The number of carbonyl (C=O) groups excluding carboxylic acids is 3. The third-order valence-corrected chi connectivity index (χ3v) is 16.2. The summed E-state index contributed by atoms with van der Waals surface area (Å²) in [4.78, 5) is 65.2. The molecule has 0 bridgehead atoms. The Morgan fingerprint density at radius 1 is 0.619 bits per heavy atom. The van der Waals surface area contributed by atoms with E-state index in [9.17, 15) is 45.4 Å². The molecular formula is C62H58N18Na4O11S2. The molecular weight excluding hydrogens is 1330 g/mol. The summed E-state index contributed by atoms with van der Waals surface area (Å²) < 4.78 is 85.8. The van der Waals surface area contributed by atoms with Crippen LogP contribution in [0.2, 0.25) is 0 Å². The van der Waals surface area contributed by atoms with Crippen molar-refractivity contribution in [3.8, 4) is 22.5 Å². The zero-order valence-electron chi connectivity index (χ0n) is 54.5. The van der Waals surface area contributed by atoms with Crippen molar-refractivity contribution in [2.45, 2.75) is 64.4 Å². The molecule has 2 aliphatic rings. The van der Waals surface area contributed by atoms with Crippen molar-refractivity contribution in [3.63, 3.8) is 0 Å². The second-order valence-electron chi connectivity index (χ2n) is 21.2. The van der Waals surface area contributed by atoms with Gasteiger partial charge in [0.05, 0.1) is 28.3 Å². The fraction of sp³-hybridized carbons (Fsp3) is 0.161. The molecule has 97 heavy (non-hydrogen) atoms. The molecule has 35 heteroatoms. The Kier molecular flexibility index (Phi) is 27.0. The summed E-state index contributed by atoms with van der Waals surface area (Å²) in [6.45, 7) is 12.4. The molecule has 0 spiro atoms. The van der Waals surface area contributed by atoms with Crippen molar-refractivity contribution in [2.75, 3.05) is 61.8 Å². The maximum absolute atomic E-state index is 13.6. The monoisotopic (exact) mass is 1390 g/mol. The Hall–Kier alpha value is -7.54. The number of carboxylic acids is 1. The minimum absolute atomic E-state index is 0. The Bertz CT molecular complexity index is 4930. The van der Waals surface area contributed by atoms with Crippen LogP contribution in [0, 0.1) is 53.7 Å². The van der Waals surface area contributed by atoms with E-state index in [-0.39, 0.29) is 211 Å². The molecule has 478 valence electrons. The van der Waals surface area contributed by atoms with E-state index in [1.54, 1.807) is 77.1 Å². The maximum Gasteiger partial charge on any atom is 1.00 e. The van der Waals surface area contributed by atoms with E-state index in [1.165, 1.54) is 48.5 Å². The zero-order chi connectivity index (χ0) is 66.6. The molecule has 2 aromatic heterocycles. The van der Waals surface area contributed by atoms with Crippen LogP contribution >= 0.6 is 0 Å². The number of nitrogens with one attached hydrogen (secondary N) is 10. The number of urea groups is 2. The van der Waals surface area contributed by atoms with Gasteiger partial charge in [-0.3, -0.25) is 0 Å². The van der Waals surface area contributed by atoms with Gasteiger partial charge in [0.1, 0.15) is 37.1 Å². The first-order chi connectivity index (χ1) is 44.1. The van der Waals surface area contributed by atoms with Crippen LogP contribution in [-0.4, -0.2) is 93.1 Å². The van der Waals surface area contributed by atoms with Crippen LogP contribution < -0.4 is 193 Å². The Morgan fingerprint density at radius 2 is 1.23 bits per heavy atom. The van der Waals surface area contributed by atoms with Gasteiger partial charge in [0.25, 0.3) is 0 Å². The molecule has 8 aromatic rings. The van der Waals surface area contributed by atoms with Crippen molar-refractivity contribution < 1.29 is 173 Å². The summed E-state index contributed by atoms with van der Waals surface area (Å²) in [6, 6.07) is 32.0. The van der Waals surface area contributed by atoms with Crippen molar-refractivity contribution in [1.82, 2.24) is 40.5 Å². The van der Waals surface area contributed by atoms with E-state index < -0.39 is 54.2 Å². The van der Waals surface area contributed by atoms with Crippen molar-refractivity contribution in [3.05, 3.63) is 166 Å². The molecule has 1 aliphatic heterocycles. The van der Waals surface area contributed by atoms with E-state index in [4.69, 9.17) is 15.9 Å². The molecule has 10 rings (SSSR count). The summed E-state index contributed by atoms with van der Waals surface area (Å²) in [6.07, 6.45) is -0.721. The normalized spacial score (nSPS) is 11.5. The summed E-state index contributed by atoms with van der Waals surface area (Å²) in [5.74, 6) is -1.34. The predicted octanol–water partition coefficient (Wildman–Crippen LogP) is -6.27. The number of nitrogen functional groups attached to an aromatic ring is 2. The second kappa shape index (κ2) is 33.3. The number of nitrogens with zero attached hydrogens (tertiary/aromatic N) is 6. The van der Waals surface area contributed by atoms with Crippen LogP contribution in [0.1, 0.15) is 50.7 Å². The molecule has 0 saturated carbocycles. The van der Waals surface area contributed by atoms with Gasteiger partial charge in [-0.15, -0.1) is 12.1 Å². The number of aryl methyl sites for hydroxylation is 4. The smallest absolute Gasteiger partial charge is 0.744 e. The van der Waals surface area contributed by atoms with E-state index in [2.05, 4.69) is 94.9 Å². The predicted molar refractivity (Wildman–Crippen MR) is 343 cm³/mol. The van der Waals surface area contributed by atoms with Gasteiger partial charge in [0, 0.05) is 46.7 Å². The van der Waals surface area contributed by atoms with Crippen LogP contribution in [0.3, 0.4) is 0 Å². The number of aromatic nitrogens is 6. The van der Waals surface area contributed by atoms with Crippen molar-refractivity contribution in [1.29, 1.82) is 0 Å². The number of rotatable bonds is 20. The average molecular weight is 1390 g/mol. The van der Waals surface area contributed by atoms with Gasteiger partial charge >= 0.3 is 130 Å². The second-order valence-corrected chi connectivity index (χ2v) is 23.9. The number of carboxylic acid groups (broad SMARTS) is 1. The van der Waals surface area contributed by atoms with Crippen LogP contribution in [0.25, 0.3) is 33.4 Å². The number of nitrogens with two attached hydrogens (primary N) is 2. The molecule has 29 nitrogen and oxygen atoms in total. The first-order valence-corrected chi connectivity index (χ1v) is 31.0. The van der Waals surface area contributed by atoms with Gasteiger partial charge < -0.3 is 82.7 Å². The van der Waals surface area contributed by atoms with Crippen LogP contribution in [0.5, 0.6) is 0 Å². The van der Waals surface area contributed by atoms with Crippen molar-refractivity contribution >= 4 is 125 Å². The van der Waals surface area contributed by atoms with Crippen LogP contribution in [0.15, 0.2) is 123 Å². The van der Waals surface area contributed by atoms with Gasteiger partial charge in [-0.05, 0) is 112 Å². The number of anilines is 12. The topological polar surface area (TPSA) is 453 Å². The van der Waals surface area contributed by atoms with E-state index >= 15 is 0 Å². The number of hydrogen-bond donors (Lipinski definition) is 12. The SMILES string of the molecule is Cc1cc(C)c(Nc2[c-]cc3c(-c4ccccc4S(=O)(=O)[O-])c4cc(S(=O)(=O)[O-])c(=[NH+]c5c(C)cc(C)c(NC(=O)NCCNc6nc(N)nc(Nc7cccc(C(=O)[O-])c7)n6)c5C)cc-4oc3c2)c(C)c1NC(=O)NC(C)Nc1nc(N)nc(Nc2c[c-]ccc2)n1.[Na+].[Na+].[Na+].[Na+]. The number of hydrogen-bond acceptors (Lipinski definition) is 24. The van der Waals surface area contributed by atoms with Gasteiger partial charge in [0.2, 0.25) is 46.7 Å². The minimum Gasteiger partial charge on any atom is -0.744 e. The standard InChI is InChI=1S/C62H60N18O11S2.4Na/c1-30-24-33(4)53(74-62(84)68-36(7)67-58-76-56(64)78-59(80-58)70-38-15-9-8-10-16-38)34(5)50(30)69-40-20-21-41-45(27-40)91-46-29-44(48(93(88,89)90)28-43(46)49(41)42-18-11-12-19-47(42)92(85,86)87)72-51-31(2)25-32(3)52(35(51)6)73-61(83)66-23-22-65-57-75-55(63)77-60(79-57)71-39-17-13-14-37(26-39)54(81)82;;;;/h8-9,11-19,21,24-29,36,69H,22-23H2,1-7H3,(H,81,82)(H2,66,73,83)(H2,68,74,84)(H,85,86,87)(H,88,89,90)(H4,63,65,71,75,77,79)(H4,64,67,70,76,78,80);;;;/q-2;4*+1/p-2. The average Bonchev–Trinajstić information content (AvgIpc) is 0.736. The van der Waals surface area contributed by atoms with E-state index in [0.717, 1.165) is 23.3 Å². The summed E-state index contributed by atoms with van der Waals surface area (Å²) in [5.41, 5.74) is 18.5. The molecule has 4 amide bonds. The van der Waals surface area contributed by atoms with Gasteiger partial charge in [-0.25, -0.2) is 31.4 Å². The first kappa shape index (κ1) is 78.5. The molecule has 6 aromatic carbocycles. The van der Waals surface area contributed by atoms with E-state index in [0.29, 0.717) is 62.1 Å². The van der Waals surface area contributed by atoms with Gasteiger partial charge in [0.15, 0.2) is 0 Å². The van der Waals surface area contributed by atoms with Crippen LogP contribution in [-0.2, 0) is 20.2 Å². The summed E-state index contributed by atoms with van der Waals surface area (Å²) in [5, 5.41) is 37.8. The maximum atomic E-state index is 13.6.